The molecule has 1 amide bonds. The fraction of sp³-hybridized carbons (Fsp3) is 0.235. The molecule has 2 aromatic carbocycles. The van der Waals surface area contributed by atoms with E-state index in [0.717, 1.165) is 22.9 Å². The third-order valence-corrected chi connectivity index (χ3v) is 4.58. The molecule has 126 valence electrons. The molecule has 0 aromatic heterocycles. The summed E-state index contributed by atoms with van der Waals surface area (Å²) in [5.41, 5.74) is 1.25. The van der Waals surface area contributed by atoms with Gasteiger partial charge in [0.05, 0.1) is 17.9 Å². The third kappa shape index (κ3) is 3.97. The maximum Gasteiger partial charge on any atom is 0.387 e. The van der Waals surface area contributed by atoms with Crippen molar-refractivity contribution in [2.45, 2.75) is 11.5 Å². The van der Waals surface area contributed by atoms with Crippen LogP contribution < -0.4 is 15.0 Å². The molecular formula is C17H16F2N2O2S. The number of hydrogen-bond acceptors (Lipinski definition) is 4. The highest BCUT2D eigenvalue weighted by Crippen LogP contribution is 2.34. The van der Waals surface area contributed by atoms with Gasteiger partial charge in [0.25, 0.3) is 0 Å². The van der Waals surface area contributed by atoms with E-state index >= 15 is 0 Å². The minimum absolute atomic E-state index is 0.0459. The molecule has 1 heterocycles. The van der Waals surface area contributed by atoms with Crippen molar-refractivity contribution in [3.8, 4) is 5.75 Å². The van der Waals surface area contributed by atoms with Crippen LogP contribution in [0.1, 0.15) is 0 Å². The van der Waals surface area contributed by atoms with Crippen LogP contribution in [0.3, 0.4) is 0 Å². The molecule has 0 saturated carbocycles. The monoisotopic (exact) mass is 350 g/mol. The Morgan fingerprint density at radius 1 is 1.21 bits per heavy atom. The summed E-state index contributed by atoms with van der Waals surface area (Å²) >= 11 is 1.76. The first-order valence-corrected chi connectivity index (χ1v) is 8.42. The highest BCUT2D eigenvalue weighted by atomic mass is 32.2. The number of nitrogens with zero attached hydrogens (tertiary/aromatic N) is 1. The summed E-state index contributed by atoms with van der Waals surface area (Å²) in [7, 11) is 0. The molecule has 0 fully saturated rings. The molecule has 0 aliphatic carbocycles. The Labute approximate surface area is 142 Å². The molecule has 7 heteroatoms. The van der Waals surface area contributed by atoms with Crippen molar-refractivity contribution in [2.24, 2.45) is 0 Å². The van der Waals surface area contributed by atoms with Crippen LogP contribution >= 0.6 is 11.8 Å². The maximum absolute atomic E-state index is 12.4. The van der Waals surface area contributed by atoms with E-state index < -0.39 is 6.61 Å². The highest BCUT2D eigenvalue weighted by Gasteiger charge is 2.20. The van der Waals surface area contributed by atoms with Gasteiger partial charge in [0.1, 0.15) is 5.75 Å². The molecule has 4 nitrogen and oxygen atoms in total. The number of hydrogen-bond donors (Lipinski definition) is 1. The summed E-state index contributed by atoms with van der Waals surface area (Å²) in [6.45, 7) is -2.03. The van der Waals surface area contributed by atoms with Crippen LogP contribution in [0.25, 0.3) is 0 Å². The fourth-order valence-corrected chi connectivity index (χ4v) is 3.57. The van der Waals surface area contributed by atoms with Gasteiger partial charge in [0.2, 0.25) is 5.91 Å². The molecule has 2 aromatic rings. The van der Waals surface area contributed by atoms with Gasteiger partial charge in [-0.2, -0.15) is 8.78 Å². The van der Waals surface area contributed by atoms with Crippen LogP contribution in [-0.2, 0) is 4.79 Å². The lowest BCUT2D eigenvalue weighted by Crippen LogP contribution is -2.36. The van der Waals surface area contributed by atoms with Crippen molar-refractivity contribution in [1.82, 2.24) is 0 Å². The standard InChI is InChI=1S/C17H16F2N2O2S/c18-17(19)23-14-7-3-1-5-12(14)20-16(22)11-21-9-10-24-15-8-4-2-6-13(15)21/h1-8,17H,9-11H2,(H,20,22). The van der Waals surface area contributed by atoms with E-state index in [2.05, 4.69) is 10.1 Å². The number of para-hydroxylation sites is 3. The lowest BCUT2D eigenvalue weighted by molar-refractivity contribution is -0.115. The van der Waals surface area contributed by atoms with Crippen LogP contribution in [0, 0.1) is 0 Å². The van der Waals surface area contributed by atoms with E-state index in [4.69, 9.17) is 0 Å². The fourth-order valence-electron chi connectivity index (χ4n) is 2.52. The summed E-state index contributed by atoms with van der Waals surface area (Å²) in [6, 6.07) is 14.1. The van der Waals surface area contributed by atoms with E-state index in [1.807, 2.05) is 29.2 Å². The summed E-state index contributed by atoms with van der Waals surface area (Å²) in [4.78, 5) is 15.4. The molecule has 1 aliphatic rings. The Balaban J connectivity index is 1.69. The van der Waals surface area contributed by atoms with E-state index in [0.29, 0.717) is 0 Å². The van der Waals surface area contributed by atoms with Gasteiger partial charge in [-0.1, -0.05) is 24.3 Å². The van der Waals surface area contributed by atoms with Crippen LogP contribution in [0.4, 0.5) is 20.2 Å². The Hall–Kier alpha value is -2.28. The van der Waals surface area contributed by atoms with Gasteiger partial charge in [-0.15, -0.1) is 11.8 Å². The molecule has 0 unspecified atom stereocenters. The average molecular weight is 350 g/mol. The van der Waals surface area contributed by atoms with Gasteiger partial charge in [-0.25, -0.2) is 0 Å². The van der Waals surface area contributed by atoms with Crippen molar-refractivity contribution in [3.63, 3.8) is 0 Å². The van der Waals surface area contributed by atoms with Crippen LogP contribution in [-0.4, -0.2) is 31.4 Å². The number of carbonyl (C=O) groups excluding carboxylic acids is 1. The molecule has 0 radical (unpaired) electrons. The Morgan fingerprint density at radius 3 is 2.79 bits per heavy atom. The molecule has 1 aliphatic heterocycles. The number of rotatable bonds is 5. The second-order valence-corrected chi connectivity index (χ2v) is 6.30. The number of nitrogens with one attached hydrogen (secondary N) is 1. The van der Waals surface area contributed by atoms with Crippen molar-refractivity contribution < 1.29 is 18.3 Å². The molecule has 0 atom stereocenters. The molecule has 0 spiro atoms. The Kier molecular flexibility index (Phi) is 5.20. The molecule has 0 saturated heterocycles. The Morgan fingerprint density at radius 2 is 1.96 bits per heavy atom. The summed E-state index contributed by atoms with van der Waals surface area (Å²) in [6.07, 6.45) is 0. The molecular weight excluding hydrogens is 334 g/mol. The minimum atomic E-state index is -2.94. The predicted octanol–water partition coefficient (Wildman–Crippen LogP) is 3.84. The lowest BCUT2D eigenvalue weighted by Gasteiger charge is -2.30. The Bertz CT molecular complexity index is 727. The summed E-state index contributed by atoms with van der Waals surface area (Å²) < 4.78 is 29.3. The smallest absolute Gasteiger partial charge is 0.387 e. The maximum atomic E-state index is 12.4. The third-order valence-electron chi connectivity index (χ3n) is 3.54. The number of halogens is 2. The largest absolute Gasteiger partial charge is 0.433 e. The SMILES string of the molecule is O=C(CN1CCSc2ccccc21)Nc1ccccc1OC(F)F. The number of amides is 1. The molecule has 3 rings (SSSR count). The normalized spacial score (nSPS) is 13.5. The second-order valence-electron chi connectivity index (χ2n) is 5.16. The van der Waals surface area contributed by atoms with Gasteiger partial charge in [0, 0.05) is 17.2 Å². The zero-order chi connectivity index (χ0) is 16.9. The zero-order valence-corrected chi connectivity index (χ0v) is 13.6. The number of carbonyl (C=O) groups is 1. The number of alkyl halides is 2. The summed E-state index contributed by atoms with van der Waals surface area (Å²) in [5, 5.41) is 2.65. The van der Waals surface area contributed by atoms with E-state index in [1.54, 1.807) is 23.9 Å². The average Bonchev–Trinajstić information content (AvgIpc) is 2.56. The first-order chi connectivity index (χ1) is 11.6. The van der Waals surface area contributed by atoms with Crippen molar-refractivity contribution in [3.05, 3.63) is 48.5 Å². The second kappa shape index (κ2) is 7.53. The molecule has 0 bridgehead atoms. The topological polar surface area (TPSA) is 41.6 Å². The highest BCUT2D eigenvalue weighted by molar-refractivity contribution is 7.99. The van der Waals surface area contributed by atoms with Gasteiger partial charge in [-0.05, 0) is 24.3 Å². The van der Waals surface area contributed by atoms with Crippen molar-refractivity contribution >= 4 is 29.0 Å². The first kappa shape index (κ1) is 16.6. The van der Waals surface area contributed by atoms with Crippen LogP contribution in [0.5, 0.6) is 5.75 Å². The minimum Gasteiger partial charge on any atom is -0.433 e. The van der Waals surface area contributed by atoms with Gasteiger partial charge >= 0.3 is 6.61 Å². The lowest BCUT2D eigenvalue weighted by atomic mass is 10.2. The first-order valence-electron chi connectivity index (χ1n) is 7.44. The number of benzene rings is 2. The number of fused-ring (bicyclic) bond motifs is 1. The molecule has 24 heavy (non-hydrogen) atoms. The number of ether oxygens (including phenoxy) is 1. The zero-order valence-electron chi connectivity index (χ0n) is 12.7. The molecule has 1 N–H and O–H groups in total. The van der Waals surface area contributed by atoms with E-state index in [9.17, 15) is 13.6 Å². The van der Waals surface area contributed by atoms with Crippen molar-refractivity contribution in [2.75, 3.05) is 29.1 Å². The van der Waals surface area contributed by atoms with E-state index in [1.165, 1.54) is 12.1 Å². The number of anilines is 2. The van der Waals surface area contributed by atoms with Crippen molar-refractivity contribution in [1.29, 1.82) is 0 Å². The van der Waals surface area contributed by atoms with Gasteiger partial charge in [-0.3, -0.25) is 4.79 Å². The van der Waals surface area contributed by atoms with Gasteiger partial charge < -0.3 is 15.0 Å². The van der Waals surface area contributed by atoms with Crippen LogP contribution in [0.2, 0.25) is 0 Å². The quantitative estimate of drug-likeness (QED) is 0.890. The van der Waals surface area contributed by atoms with E-state index in [-0.39, 0.29) is 23.9 Å². The summed E-state index contributed by atoms with van der Waals surface area (Å²) in [5.74, 6) is 0.576. The predicted molar refractivity (Wildman–Crippen MR) is 91.1 cm³/mol. The van der Waals surface area contributed by atoms with Gasteiger partial charge in [0.15, 0.2) is 0 Å². The number of thioether (sulfide) groups is 1. The van der Waals surface area contributed by atoms with Crippen LogP contribution in [0.15, 0.2) is 53.4 Å².